The molecule has 146 valence electrons. The number of aryl methyl sites for hydroxylation is 1. The average Bonchev–Trinajstić information content (AvgIpc) is 2.65. The van der Waals surface area contributed by atoms with Crippen LogP contribution in [0.15, 0.2) is 53.4 Å². The van der Waals surface area contributed by atoms with Gasteiger partial charge in [-0.15, -0.1) is 0 Å². The number of nitrogens with zero attached hydrogens (tertiary/aromatic N) is 1. The van der Waals surface area contributed by atoms with Gasteiger partial charge in [-0.1, -0.05) is 17.7 Å². The van der Waals surface area contributed by atoms with Gasteiger partial charge in [0.05, 0.1) is 4.90 Å². The van der Waals surface area contributed by atoms with E-state index in [0.717, 1.165) is 5.56 Å². The van der Waals surface area contributed by atoms with Gasteiger partial charge < -0.3 is 4.74 Å². The summed E-state index contributed by atoms with van der Waals surface area (Å²) in [6.45, 7) is 1.81. The van der Waals surface area contributed by atoms with Crippen molar-refractivity contribution in [2.45, 2.75) is 11.8 Å². The van der Waals surface area contributed by atoms with E-state index < -0.39 is 39.3 Å². The predicted molar refractivity (Wildman–Crippen MR) is 92.6 cm³/mol. The van der Waals surface area contributed by atoms with Crippen molar-refractivity contribution in [2.75, 3.05) is 4.72 Å². The molecule has 10 heteroatoms. The van der Waals surface area contributed by atoms with Gasteiger partial charge in [0.15, 0.2) is 0 Å². The van der Waals surface area contributed by atoms with E-state index in [-0.39, 0.29) is 16.3 Å². The monoisotopic (exact) mass is 412 g/mol. The summed E-state index contributed by atoms with van der Waals surface area (Å²) >= 11 is 0. The Morgan fingerprint density at radius 1 is 0.857 bits per heavy atom. The van der Waals surface area contributed by atoms with Crippen LogP contribution in [0.2, 0.25) is 0 Å². The molecule has 0 aliphatic carbocycles. The Kier molecular flexibility index (Phi) is 5.23. The highest BCUT2D eigenvalue weighted by Gasteiger charge is 2.23. The Balaban J connectivity index is 1.80. The molecule has 0 radical (unpaired) electrons. The number of benzene rings is 2. The standard InChI is InChI=1S/C18H12F4N2O3S/c1-10-2-8-13(9-3-10)28(25,26)24-11-4-6-12(7-5-11)27-16-14(19)17(21)23-18(22)15(16)20/h2-9,24H,1H3. The van der Waals surface area contributed by atoms with Crippen molar-refractivity contribution in [2.24, 2.45) is 0 Å². The van der Waals surface area contributed by atoms with Crippen molar-refractivity contribution >= 4 is 15.7 Å². The zero-order valence-electron chi connectivity index (χ0n) is 14.2. The predicted octanol–water partition coefficient (Wildman–Crippen LogP) is 4.54. The summed E-state index contributed by atoms with van der Waals surface area (Å²) in [7, 11) is -3.84. The molecule has 0 aliphatic heterocycles. The molecular formula is C18H12F4N2O3S. The van der Waals surface area contributed by atoms with Gasteiger partial charge >= 0.3 is 0 Å². The maximum atomic E-state index is 13.6. The third kappa shape index (κ3) is 4.06. The normalized spacial score (nSPS) is 11.3. The molecule has 0 fully saturated rings. The van der Waals surface area contributed by atoms with Crippen LogP contribution in [0.25, 0.3) is 0 Å². The lowest BCUT2D eigenvalue weighted by atomic mass is 10.2. The van der Waals surface area contributed by atoms with E-state index in [4.69, 9.17) is 4.74 Å². The van der Waals surface area contributed by atoms with Crippen LogP contribution < -0.4 is 9.46 Å². The molecule has 0 spiro atoms. The molecule has 1 aromatic heterocycles. The molecule has 3 rings (SSSR count). The molecule has 0 amide bonds. The summed E-state index contributed by atoms with van der Waals surface area (Å²) < 4.78 is 85.2. The van der Waals surface area contributed by atoms with E-state index in [1.54, 1.807) is 12.1 Å². The van der Waals surface area contributed by atoms with Crippen molar-refractivity contribution < 1.29 is 30.7 Å². The fourth-order valence-electron chi connectivity index (χ4n) is 2.20. The van der Waals surface area contributed by atoms with Gasteiger partial charge in [0.1, 0.15) is 5.75 Å². The number of aromatic nitrogens is 1. The Bertz CT molecular complexity index is 1090. The first-order chi connectivity index (χ1) is 13.2. The van der Waals surface area contributed by atoms with E-state index in [0.29, 0.717) is 0 Å². The van der Waals surface area contributed by atoms with Gasteiger partial charge in [0.25, 0.3) is 21.9 Å². The van der Waals surface area contributed by atoms with Crippen LogP contribution in [-0.4, -0.2) is 13.4 Å². The van der Waals surface area contributed by atoms with Gasteiger partial charge in [0, 0.05) is 5.69 Å². The summed E-state index contributed by atoms with van der Waals surface area (Å²) in [6.07, 6.45) is 0. The molecule has 0 atom stereocenters. The Labute approximate surface area is 157 Å². The van der Waals surface area contributed by atoms with Crippen molar-refractivity contribution in [3.63, 3.8) is 0 Å². The molecule has 0 aliphatic rings. The maximum absolute atomic E-state index is 13.6. The first-order valence-corrected chi connectivity index (χ1v) is 9.23. The minimum Gasteiger partial charge on any atom is -0.451 e. The highest BCUT2D eigenvalue weighted by Crippen LogP contribution is 2.30. The molecule has 1 heterocycles. The second kappa shape index (κ2) is 7.47. The van der Waals surface area contributed by atoms with Crippen molar-refractivity contribution in [1.82, 2.24) is 4.98 Å². The van der Waals surface area contributed by atoms with Crippen molar-refractivity contribution in [3.8, 4) is 11.5 Å². The van der Waals surface area contributed by atoms with Gasteiger partial charge in [-0.25, -0.2) is 8.42 Å². The molecule has 3 aromatic rings. The van der Waals surface area contributed by atoms with Crippen LogP contribution in [-0.2, 0) is 10.0 Å². The van der Waals surface area contributed by atoms with Crippen LogP contribution in [0.3, 0.4) is 0 Å². The largest absolute Gasteiger partial charge is 0.451 e. The molecule has 0 unspecified atom stereocenters. The SMILES string of the molecule is Cc1ccc(S(=O)(=O)Nc2ccc(Oc3c(F)c(F)nc(F)c3F)cc2)cc1. The zero-order valence-corrected chi connectivity index (χ0v) is 15.0. The third-order valence-corrected chi connectivity index (χ3v) is 5.01. The first kappa shape index (κ1) is 19.6. The second-order valence-electron chi connectivity index (χ2n) is 5.70. The number of ether oxygens (including phenoxy) is 1. The lowest BCUT2D eigenvalue weighted by Gasteiger charge is -2.11. The molecule has 0 saturated carbocycles. The number of hydrogen-bond donors (Lipinski definition) is 1. The summed E-state index contributed by atoms with van der Waals surface area (Å²) in [5.74, 6) is -8.75. The van der Waals surface area contributed by atoms with Crippen LogP contribution >= 0.6 is 0 Å². The highest BCUT2D eigenvalue weighted by molar-refractivity contribution is 7.92. The van der Waals surface area contributed by atoms with Gasteiger partial charge in [-0.2, -0.15) is 22.5 Å². The first-order valence-electron chi connectivity index (χ1n) is 7.75. The molecule has 5 nitrogen and oxygen atoms in total. The maximum Gasteiger partial charge on any atom is 0.261 e. The number of hydrogen-bond acceptors (Lipinski definition) is 4. The van der Waals surface area contributed by atoms with E-state index in [1.165, 1.54) is 36.4 Å². The number of halogens is 4. The van der Waals surface area contributed by atoms with Crippen molar-refractivity contribution in [3.05, 3.63) is 77.6 Å². The average molecular weight is 412 g/mol. The minimum absolute atomic E-state index is 0.0466. The second-order valence-corrected chi connectivity index (χ2v) is 7.38. The highest BCUT2D eigenvalue weighted by atomic mass is 32.2. The number of sulfonamides is 1. The van der Waals surface area contributed by atoms with E-state index in [9.17, 15) is 26.0 Å². The smallest absolute Gasteiger partial charge is 0.261 e. The topological polar surface area (TPSA) is 68.3 Å². The minimum atomic E-state index is -3.84. The van der Waals surface area contributed by atoms with Gasteiger partial charge in [0.2, 0.25) is 17.4 Å². The van der Waals surface area contributed by atoms with E-state index in [1.807, 2.05) is 6.92 Å². The Morgan fingerprint density at radius 3 is 1.93 bits per heavy atom. The van der Waals surface area contributed by atoms with Crippen molar-refractivity contribution in [1.29, 1.82) is 0 Å². The zero-order chi connectivity index (χ0) is 20.5. The van der Waals surface area contributed by atoms with Gasteiger partial charge in [-0.3, -0.25) is 4.72 Å². The van der Waals surface area contributed by atoms with E-state index in [2.05, 4.69) is 9.71 Å². The molecule has 0 bridgehead atoms. The molecule has 0 saturated heterocycles. The number of pyridine rings is 1. The van der Waals surface area contributed by atoms with E-state index >= 15 is 0 Å². The number of rotatable bonds is 5. The summed E-state index contributed by atoms with van der Waals surface area (Å²) in [6, 6.07) is 11.0. The molecule has 28 heavy (non-hydrogen) atoms. The van der Waals surface area contributed by atoms with Crippen LogP contribution in [0.4, 0.5) is 23.2 Å². The Morgan fingerprint density at radius 2 is 1.39 bits per heavy atom. The number of anilines is 1. The molecule has 2 aromatic carbocycles. The summed E-state index contributed by atoms with van der Waals surface area (Å²) in [5, 5.41) is 0. The molecular weight excluding hydrogens is 400 g/mol. The molecule has 1 N–H and O–H groups in total. The lowest BCUT2D eigenvalue weighted by Crippen LogP contribution is -2.12. The number of nitrogens with one attached hydrogen (secondary N) is 1. The fraction of sp³-hybridized carbons (Fsp3) is 0.0556. The van der Waals surface area contributed by atoms with Crippen LogP contribution in [0.1, 0.15) is 5.56 Å². The van der Waals surface area contributed by atoms with Crippen LogP contribution in [0.5, 0.6) is 11.5 Å². The summed E-state index contributed by atoms with van der Waals surface area (Å²) in [5.41, 5.74) is 1.03. The summed E-state index contributed by atoms with van der Waals surface area (Å²) in [4.78, 5) is 2.47. The van der Waals surface area contributed by atoms with Gasteiger partial charge in [-0.05, 0) is 43.3 Å². The lowest BCUT2D eigenvalue weighted by molar-refractivity contribution is 0.343. The quantitative estimate of drug-likeness (QED) is 0.494. The fourth-order valence-corrected chi connectivity index (χ4v) is 3.26. The Hall–Kier alpha value is -3.14. The van der Waals surface area contributed by atoms with Crippen LogP contribution in [0, 0.1) is 30.5 Å². The third-order valence-electron chi connectivity index (χ3n) is 3.61.